The second kappa shape index (κ2) is 9.05. The summed E-state index contributed by atoms with van der Waals surface area (Å²) in [6.45, 7) is 2.30. The minimum atomic E-state index is -0.231. The molecule has 0 atom stereocenters. The molecule has 7 nitrogen and oxygen atoms in total. The second-order valence-corrected chi connectivity index (χ2v) is 5.99. The molecular formula is C20H22N2O5. The van der Waals surface area contributed by atoms with Crippen molar-refractivity contribution in [1.82, 2.24) is 4.90 Å². The number of hydrogen-bond acceptors (Lipinski definition) is 5. The van der Waals surface area contributed by atoms with Crippen molar-refractivity contribution in [1.29, 1.82) is 0 Å². The third-order valence-electron chi connectivity index (χ3n) is 4.17. The first-order chi connectivity index (χ1) is 13.2. The lowest BCUT2D eigenvalue weighted by Gasteiger charge is -2.26. The van der Waals surface area contributed by atoms with E-state index >= 15 is 0 Å². The number of carbonyl (C=O) groups excluding carboxylic acids is 2. The van der Waals surface area contributed by atoms with E-state index in [9.17, 15) is 9.59 Å². The van der Waals surface area contributed by atoms with Crippen LogP contribution in [0.2, 0.25) is 0 Å². The van der Waals surface area contributed by atoms with Gasteiger partial charge in [-0.1, -0.05) is 6.07 Å². The summed E-state index contributed by atoms with van der Waals surface area (Å²) in [4.78, 5) is 26.1. The summed E-state index contributed by atoms with van der Waals surface area (Å²) in [5.74, 6) is 0.895. The van der Waals surface area contributed by atoms with Gasteiger partial charge in [0.2, 0.25) is 0 Å². The van der Waals surface area contributed by atoms with Crippen LogP contribution < -0.4 is 14.8 Å². The summed E-state index contributed by atoms with van der Waals surface area (Å²) >= 11 is 0. The third-order valence-corrected chi connectivity index (χ3v) is 4.17. The fraction of sp³-hybridized carbons (Fsp3) is 0.300. The lowest BCUT2D eigenvalue weighted by atomic mass is 10.2. The van der Waals surface area contributed by atoms with E-state index in [-0.39, 0.29) is 18.4 Å². The molecule has 0 unspecified atom stereocenters. The number of amides is 2. The maximum Gasteiger partial charge on any atom is 0.260 e. The van der Waals surface area contributed by atoms with Gasteiger partial charge in [-0.2, -0.15) is 0 Å². The molecule has 1 N–H and O–H groups in total. The first-order valence-electron chi connectivity index (χ1n) is 8.69. The number of anilines is 1. The van der Waals surface area contributed by atoms with Crippen molar-refractivity contribution < 1.29 is 23.8 Å². The van der Waals surface area contributed by atoms with Gasteiger partial charge in [-0.25, -0.2) is 0 Å². The molecular weight excluding hydrogens is 348 g/mol. The Labute approximate surface area is 157 Å². The van der Waals surface area contributed by atoms with Crippen molar-refractivity contribution in [3.8, 4) is 11.5 Å². The minimum Gasteiger partial charge on any atom is -0.497 e. The molecule has 7 heteroatoms. The smallest absolute Gasteiger partial charge is 0.260 e. The number of hydrogen-bond donors (Lipinski definition) is 1. The number of rotatable bonds is 6. The molecule has 1 saturated heterocycles. The highest BCUT2D eigenvalue weighted by atomic mass is 16.5. The zero-order valence-corrected chi connectivity index (χ0v) is 15.1. The molecule has 2 amide bonds. The van der Waals surface area contributed by atoms with Crippen LogP contribution in [0.25, 0.3) is 0 Å². The monoisotopic (exact) mass is 370 g/mol. The van der Waals surface area contributed by atoms with Gasteiger partial charge in [-0.3, -0.25) is 9.59 Å². The van der Waals surface area contributed by atoms with E-state index in [2.05, 4.69) is 5.32 Å². The highest BCUT2D eigenvalue weighted by Crippen LogP contribution is 2.18. The lowest BCUT2D eigenvalue weighted by molar-refractivity contribution is -0.137. The van der Waals surface area contributed by atoms with Crippen LogP contribution in [0.1, 0.15) is 10.4 Å². The zero-order valence-electron chi connectivity index (χ0n) is 15.1. The molecule has 142 valence electrons. The number of methoxy groups -OCH3 is 1. The predicted octanol–water partition coefficient (Wildman–Crippen LogP) is 2.19. The fourth-order valence-corrected chi connectivity index (χ4v) is 2.65. The van der Waals surface area contributed by atoms with E-state index in [0.29, 0.717) is 49.1 Å². The van der Waals surface area contributed by atoms with Gasteiger partial charge in [-0.15, -0.1) is 0 Å². The standard InChI is InChI=1S/C20H22N2O5/c1-25-18-4-2-3-15(13-18)20(24)21-16-5-7-17(8-6-16)27-14-19(23)22-9-11-26-12-10-22/h2-8,13H,9-12,14H2,1H3,(H,21,24). The van der Waals surface area contributed by atoms with Crippen LogP contribution in [0.5, 0.6) is 11.5 Å². The van der Waals surface area contributed by atoms with Crippen LogP contribution in [0.4, 0.5) is 5.69 Å². The molecule has 2 aromatic carbocycles. The number of benzene rings is 2. The predicted molar refractivity (Wildman–Crippen MR) is 100 cm³/mol. The Morgan fingerprint density at radius 1 is 1.07 bits per heavy atom. The molecule has 1 aliphatic heterocycles. The number of nitrogens with one attached hydrogen (secondary N) is 1. The summed E-state index contributed by atoms with van der Waals surface area (Å²) in [6, 6.07) is 13.8. The molecule has 0 bridgehead atoms. The van der Waals surface area contributed by atoms with Crippen LogP contribution >= 0.6 is 0 Å². The second-order valence-electron chi connectivity index (χ2n) is 5.99. The molecule has 0 aromatic heterocycles. The molecule has 1 fully saturated rings. The van der Waals surface area contributed by atoms with E-state index in [1.807, 2.05) is 0 Å². The Hall–Kier alpha value is -3.06. The SMILES string of the molecule is COc1cccc(C(=O)Nc2ccc(OCC(=O)N3CCOCC3)cc2)c1. The minimum absolute atomic E-state index is 0.0183. The normalized spacial score (nSPS) is 13.7. The van der Waals surface area contributed by atoms with Crippen molar-refractivity contribution in [2.24, 2.45) is 0 Å². The van der Waals surface area contributed by atoms with Gasteiger partial charge >= 0.3 is 0 Å². The Kier molecular flexibility index (Phi) is 6.27. The maximum atomic E-state index is 12.3. The van der Waals surface area contributed by atoms with Crippen molar-refractivity contribution in [2.45, 2.75) is 0 Å². The Morgan fingerprint density at radius 2 is 1.81 bits per heavy atom. The van der Waals surface area contributed by atoms with Crippen LogP contribution in [0.15, 0.2) is 48.5 Å². The van der Waals surface area contributed by atoms with E-state index in [1.165, 1.54) is 0 Å². The van der Waals surface area contributed by atoms with Gasteiger partial charge in [0, 0.05) is 24.3 Å². The molecule has 1 heterocycles. The van der Waals surface area contributed by atoms with Gasteiger partial charge in [0.1, 0.15) is 11.5 Å². The Morgan fingerprint density at radius 3 is 2.52 bits per heavy atom. The fourth-order valence-electron chi connectivity index (χ4n) is 2.65. The number of nitrogens with zero attached hydrogens (tertiary/aromatic N) is 1. The van der Waals surface area contributed by atoms with Crippen molar-refractivity contribution >= 4 is 17.5 Å². The third kappa shape index (κ3) is 5.21. The molecule has 1 aliphatic rings. The van der Waals surface area contributed by atoms with Crippen LogP contribution in [0.3, 0.4) is 0 Å². The van der Waals surface area contributed by atoms with Gasteiger partial charge in [0.05, 0.1) is 20.3 Å². The Balaban J connectivity index is 1.52. The van der Waals surface area contributed by atoms with E-state index in [0.717, 1.165) is 0 Å². The van der Waals surface area contributed by atoms with Gasteiger partial charge in [0.25, 0.3) is 11.8 Å². The van der Waals surface area contributed by atoms with E-state index in [1.54, 1.807) is 60.5 Å². The van der Waals surface area contributed by atoms with Crippen LogP contribution in [0, 0.1) is 0 Å². The van der Waals surface area contributed by atoms with Gasteiger partial charge < -0.3 is 24.4 Å². The van der Waals surface area contributed by atoms with E-state index < -0.39 is 0 Å². The van der Waals surface area contributed by atoms with Crippen molar-refractivity contribution in [2.75, 3.05) is 45.3 Å². The number of morpholine rings is 1. The number of ether oxygens (including phenoxy) is 3. The largest absolute Gasteiger partial charge is 0.497 e. The number of carbonyl (C=O) groups is 2. The van der Waals surface area contributed by atoms with Crippen molar-refractivity contribution in [3.63, 3.8) is 0 Å². The summed E-state index contributed by atoms with van der Waals surface area (Å²) in [6.07, 6.45) is 0. The molecule has 0 saturated carbocycles. The van der Waals surface area contributed by atoms with E-state index in [4.69, 9.17) is 14.2 Å². The van der Waals surface area contributed by atoms with Gasteiger partial charge in [-0.05, 0) is 42.5 Å². The van der Waals surface area contributed by atoms with Crippen molar-refractivity contribution in [3.05, 3.63) is 54.1 Å². The molecule has 2 aromatic rings. The quantitative estimate of drug-likeness (QED) is 0.843. The molecule has 0 spiro atoms. The molecule has 3 rings (SSSR count). The first kappa shape index (κ1) is 18.7. The molecule has 27 heavy (non-hydrogen) atoms. The van der Waals surface area contributed by atoms with Gasteiger partial charge in [0.15, 0.2) is 6.61 Å². The summed E-state index contributed by atoms with van der Waals surface area (Å²) in [5.41, 5.74) is 1.14. The lowest BCUT2D eigenvalue weighted by Crippen LogP contribution is -2.42. The zero-order chi connectivity index (χ0) is 19.1. The molecule has 0 radical (unpaired) electrons. The summed E-state index contributed by atoms with van der Waals surface area (Å²) in [5, 5.41) is 2.81. The summed E-state index contributed by atoms with van der Waals surface area (Å²) < 4.78 is 15.9. The Bertz CT molecular complexity index is 785. The average Bonchev–Trinajstić information content (AvgIpc) is 2.73. The highest BCUT2D eigenvalue weighted by Gasteiger charge is 2.17. The van der Waals surface area contributed by atoms with Crippen LogP contribution in [-0.4, -0.2) is 56.7 Å². The summed E-state index contributed by atoms with van der Waals surface area (Å²) in [7, 11) is 1.56. The molecule has 0 aliphatic carbocycles. The first-order valence-corrected chi connectivity index (χ1v) is 8.69. The average molecular weight is 370 g/mol. The topological polar surface area (TPSA) is 77.1 Å². The maximum absolute atomic E-state index is 12.3. The highest BCUT2D eigenvalue weighted by molar-refractivity contribution is 6.04. The van der Waals surface area contributed by atoms with Crippen LogP contribution in [-0.2, 0) is 9.53 Å².